The number of hydrogen-bond donors (Lipinski definition) is 0. The third-order valence-corrected chi connectivity index (χ3v) is 15.9. The van der Waals surface area contributed by atoms with Crippen LogP contribution in [0.1, 0.15) is 0 Å². The second kappa shape index (κ2) is 13.4. The number of nitrogens with zero attached hydrogens (tertiary/aromatic N) is 1. The standard InChI is InChI=1S/C48H35NSSi/c1-6-17-36(18-7-1)37-29-31-47-45(33-37)46-35-40(30-32-48(46)50-47)49(38-19-8-2-9-20-38)39-21-16-28-44(34-39)51(41-22-10-3-11-23-41,42-24-12-4-13-25-42)43-26-14-5-15-27-43/h1-35H. The van der Waals surface area contributed by atoms with E-state index in [9.17, 15) is 0 Å². The first kappa shape index (κ1) is 31.0. The molecule has 0 spiro atoms. The van der Waals surface area contributed by atoms with E-state index in [1.54, 1.807) is 0 Å². The van der Waals surface area contributed by atoms with Crippen molar-refractivity contribution in [3.05, 3.63) is 212 Å². The minimum Gasteiger partial charge on any atom is -0.310 e. The predicted octanol–water partition coefficient (Wildman–Crippen LogP) is 10.6. The van der Waals surface area contributed by atoms with Gasteiger partial charge in [-0.15, -0.1) is 11.3 Å². The van der Waals surface area contributed by atoms with Gasteiger partial charge < -0.3 is 4.90 Å². The van der Waals surface area contributed by atoms with Gasteiger partial charge in [0.05, 0.1) is 0 Å². The van der Waals surface area contributed by atoms with Crippen LogP contribution in [0.15, 0.2) is 212 Å². The van der Waals surface area contributed by atoms with Crippen LogP contribution in [-0.4, -0.2) is 8.07 Å². The minimum atomic E-state index is -2.71. The zero-order chi connectivity index (χ0) is 34.0. The first-order valence-corrected chi connectivity index (χ1v) is 20.2. The van der Waals surface area contributed by atoms with Crippen LogP contribution < -0.4 is 25.6 Å². The van der Waals surface area contributed by atoms with E-state index in [1.807, 2.05) is 11.3 Å². The van der Waals surface area contributed by atoms with Crippen LogP contribution in [0.4, 0.5) is 17.1 Å². The molecule has 0 aliphatic rings. The number of anilines is 3. The molecule has 51 heavy (non-hydrogen) atoms. The molecule has 1 nitrogen and oxygen atoms in total. The van der Waals surface area contributed by atoms with Crippen LogP contribution >= 0.6 is 11.3 Å². The lowest BCUT2D eigenvalue weighted by Crippen LogP contribution is -2.74. The molecule has 0 bridgehead atoms. The molecular formula is C48H35NSSi. The summed E-state index contributed by atoms with van der Waals surface area (Å²) in [7, 11) is -2.71. The van der Waals surface area contributed by atoms with Crippen molar-refractivity contribution in [3.63, 3.8) is 0 Å². The molecule has 3 heteroatoms. The summed E-state index contributed by atoms with van der Waals surface area (Å²) in [6.45, 7) is 0. The van der Waals surface area contributed by atoms with Gasteiger partial charge in [0.15, 0.2) is 8.07 Å². The van der Waals surface area contributed by atoms with Crippen LogP contribution in [0.5, 0.6) is 0 Å². The Hall–Kier alpha value is -6.00. The quantitative estimate of drug-likeness (QED) is 0.114. The highest BCUT2D eigenvalue weighted by molar-refractivity contribution is 7.25. The summed E-state index contributed by atoms with van der Waals surface area (Å²) in [5, 5.41) is 8.02. The summed E-state index contributed by atoms with van der Waals surface area (Å²) in [6, 6.07) is 78.1. The predicted molar refractivity (Wildman–Crippen MR) is 223 cm³/mol. The summed E-state index contributed by atoms with van der Waals surface area (Å²) < 4.78 is 2.60. The lowest BCUT2D eigenvalue weighted by atomic mass is 10.0. The van der Waals surface area contributed by atoms with Gasteiger partial charge >= 0.3 is 0 Å². The molecule has 9 aromatic rings. The fraction of sp³-hybridized carbons (Fsp3) is 0. The van der Waals surface area contributed by atoms with Crippen LogP contribution in [0.25, 0.3) is 31.3 Å². The first-order chi connectivity index (χ1) is 25.3. The summed E-state index contributed by atoms with van der Waals surface area (Å²) in [5.74, 6) is 0. The van der Waals surface area contributed by atoms with Crippen molar-refractivity contribution in [2.45, 2.75) is 0 Å². The van der Waals surface area contributed by atoms with E-state index in [2.05, 4.69) is 217 Å². The highest BCUT2D eigenvalue weighted by Crippen LogP contribution is 2.41. The Kier molecular flexibility index (Phi) is 8.13. The summed E-state index contributed by atoms with van der Waals surface area (Å²) in [4.78, 5) is 2.42. The van der Waals surface area contributed by atoms with Gasteiger partial charge in [-0.2, -0.15) is 0 Å². The molecule has 0 aliphatic carbocycles. The number of benzene rings is 8. The van der Waals surface area contributed by atoms with Crippen molar-refractivity contribution in [2.24, 2.45) is 0 Å². The summed E-state index contributed by atoms with van der Waals surface area (Å²) in [6.07, 6.45) is 0. The van der Waals surface area contributed by atoms with Gasteiger partial charge in [-0.05, 0) is 86.5 Å². The fourth-order valence-corrected chi connectivity index (χ4v) is 13.5. The van der Waals surface area contributed by atoms with Crippen molar-refractivity contribution in [3.8, 4) is 11.1 Å². The van der Waals surface area contributed by atoms with Crippen molar-refractivity contribution >= 4 is 77.4 Å². The molecule has 0 aliphatic heterocycles. The highest BCUT2D eigenvalue weighted by atomic mass is 32.1. The number of hydrogen-bond acceptors (Lipinski definition) is 2. The third-order valence-electron chi connectivity index (χ3n) is 9.99. The molecule has 8 aromatic carbocycles. The van der Waals surface area contributed by atoms with E-state index in [0.29, 0.717) is 0 Å². The van der Waals surface area contributed by atoms with E-state index in [0.717, 1.165) is 17.1 Å². The molecule has 0 amide bonds. The lowest BCUT2D eigenvalue weighted by Gasteiger charge is -2.35. The molecule has 0 N–H and O–H groups in total. The zero-order valence-corrected chi connectivity index (χ0v) is 29.9. The highest BCUT2D eigenvalue weighted by Gasteiger charge is 2.41. The number of thiophene rings is 1. The smallest absolute Gasteiger partial charge is 0.179 e. The Balaban J connectivity index is 1.26. The van der Waals surface area contributed by atoms with Gasteiger partial charge in [-0.1, -0.05) is 158 Å². The molecular weight excluding hydrogens is 651 g/mol. The van der Waals surface area contributed by atoms with E-state index in [4.69, 9.17) is 0 Å². The van der Waals surface area contributed by atoms with Gasteiger partial charge in [0.2, 0.25) is 0 Å². The maximum absolute atomic E-state index is 2.71. The van der Waals surface area contributed by atoms with E-state index in [-0.39, 0.29) is 0 Å². The average Bonchev–Trinajstić information content (AvgIpc) is 3.58. The van der Waals surface area contributed by atoms with Gasteiger partial charge in [0.1, 0.15) is 0 Å². The van der Waals surface area contributed by atoms with Crippen LogP contribution in [0.3, 0.4) is 0 Å². The monoisotopic (exact) mass is 685 g/mol. The molecule has 0 saturated carbocycles. The zero-order valence-electron chi connectivity index (χ0n) is 28.1. The van der Waals surface area contributed by atoms with E-state index >= 15 is 0 Å². The largest absolute Gasteiger partial charge is 0.310 e. The van der Waals surface area contributed by atoms with Crippen LogP contribution in [-0.2, 0) is 0 Å². The minimum absolute atomic E-state index is 1.13. The molecule has 0 saturated heterocycles. The van der Waals surface area contributed by atoms with Gasteiger partial charge in [0, 0.05) is 37.2 Å². The van der Waals surface area contributed by atoms with Gasteiger partial charge in [0.25, 0.3) is 0 Å². The number of para-hydroxylation sites is 1. The molecule has 9 rings (SSSR count). The SMILES string of the molecule is c1ccc(-c2ccc3sc4ccc(N(c5ccccc5)c5cccc([Si](c6ccccc6)(c6ccccc6)c6ccccc6)c5)cc4c3c2)cc1. The molecule has 0 unspecified atom stereocenters. The van der Waals surface area contributed by atoms with Crippen molar-refractivity contribution < 1.29 is 0 Å². The van der Waals surface area contributed by atoms with Crippen LogP contribution in [0.2, 0.25) is 0 Å². The Bertz CT molecular complexity index is 2470. The third kappa shape index (κ3) is 5.57. The molecule has 1 heterocycles. The number of rotatable bonds is 8. The van der Waals surface area contributed by atoms with Crippen molar-refractivity contribution in [1.82, 2.24) is 0 Å². The second-order valence-corrected chi connectivity index (χ2v) is 17.8. The Morgan fingerprint density at radius 2 is 0.765 bits per heavy atom. The summed E-state index contributed by atoms with van der Waals surface area (Å²) >= 11 is 1.86. The second-order valence-electron chi connectivity index (χ2n) is 12.9. The molecule has 0 radical (unpaired) electrons. The average molecular weight is 686 g/mol. The molecule has 1 aromatic heterocycles. The topological polar surface area (TPSA) is 3.24 Å². The first-order valence-electron chi connectivity index (χ1n) is 17.4. The van der Waals surface area contributed by atoms with Crippen LogP contribution in [0, 0.1) is 0 Å². The lowest BCUT2D eigenvalue weighted by molar-refractivity contribution is 1.29. The molecule has 0 fully saturated rings. The Labute approximate surface area is 304 Å². The Morgan fingerprint density at radius 3 is 1.35 bits per heavy atom. The normalized spacial score (nSPS) is 11.5. The van der Waals surface area contributed by atoms with Crippen molar-refractivity contribution in [2.75, 3.05) is 4.90 Å². The maximum Gasteiger partial charge on any atom is 0.179 e. The number of fused-ring (bicyclic) bond motifs is 3. The van der Waals surface area contributed by atoms with E-state index < -0.39 is 8.07 Å². The van der Waals surface area contributed by atoms with Gasteiger partial charge in [-0.3, -0.25) is 0 Å². The van der Waals surface area contributed by atoms with E-state index in [1.165, 1.54) is 52.0 Å². The molecule has 0 atom stereocenters. The van der Waals surface area contributed by atoms with Crippen molar-refractivity contribution in [1.29, 1.82) is 0 Å². The fourth-order valence-electron chi connectivity index (χ4n) is 7.68. The maximum atomic E-state index is 2.45. The summed E-state index contributed by atoms with van der Waals surface area (Å²) in [5.41, 5.74) is 5.89. The Morgan fingerprint density at radius 1 is 0.314 bits per heavy atom. The van der Waals surface area contributed by atoms with Gasteiger partial charge in [-0.25, -0.2) is 0 Å². The molecule has 242 valence electrons.